The van der Waals surface area contributed by atoms with E-state index in [1.165, 1.54) is 6.42 Å². The summed E-state index contributed by atoms with van der Waals surface area (Å²) in [6, 6.07) is 5.39. The van der Waals surface area contributed by atoms with Gasteiger partial charge in [0.05, 0.1) is 23.7 Å². The number of aliphatic hydroxyl groups is 1. The van der Waals surface area contributed by atoms with Gasteiger partial charge in [-0.05, 0) is 52.4 Å². The molecule has 2 rings (SSSR count). The minimum Gasteiger partial charge on any atom is -0.496 e. The summed E-state index contributed by atoms with van der Waals surface area (Å²) in [7, 11) is 1.63. The summed E-state index contributed by atoms with van der Waals surface area (Å²) >= 11 is 3.43. The van der Waals surface area contributed by atoms with E-state index >= 15 is 0 Å². The number of rotatable bonds is 4. The van der Waals surface area contributed by atoms with Gasteiger partial charge in [0, 0.05) is 0 Å². The van der Waals surface area contributed by atoms with Crippen molar-refractivity contribution < 1.29 is 9.84 Å². The minimum absolute atomic E-state index is 0. The number of benzene rings is 1. The molecule has 0 heterocycles. The fourth-order valence-electron chi connectivity index (χ4n) is 2.16. The first-order valence-corrected chi connectivity index (χ1v) is 6.70. The van der Waals surface area contributed by atoms with Crippen LogP contribution in [0.2, 0.25) is 0 Å². The average molecular weight is 337 g/mol. The molecule has 3 N–H and O–H groups in total. The van der Waals surface area contributed by atoms with Crippen LogP contribution in [0.1, 0.15) is 30.9 Å². The monoisotopic (exact) mass is 335 g/mol. The molecule has 2 atom stereocenters. The Hall–Kier alpha value is -0.290. The van der Waals surface area contributed by atoms with E-state index in [9.17, 15) is 5.11 Å². The zero-order chi connectivity index (χ0) is 12.4. The van der Waals surface area contributed by atoms with E-state index in [0.717, 1.165) is 28.6 Å². The van der Waals surface area contributed by atoms with Crippen molar-refractivity contribution in [2.24, 2.45) is 11.7 Å². The number of hydrogen-bond donors (Lipinski definition) is 2. The topological polar surface area (TPSA) is 55.5 Å². The highest BCUT2D eigenvalue weighted by molar-refractivity contribution is 9.10. The molecule has 1 aliphatic carbocycles. The van der Waals surface area contributed by atoms with Gasteiger partial charge in [-0.15, -0.1) is 12.4 Å². The standard InChI is InChI=1S/C13H18BrNO2.ClH/c1-17-11-6-5-9(7-10(11)14)12(15)13(16)8-3-2-4-8;/h5-8,12-13,16H,2-4,15H2,1H3;1H/t12-,13+;/m1./s1. The normalized spacial score (nSPS) is 18.4. The molecule has 18 heavy (non-hydrogen) atoms. The Morgan fingerprint density at radius 2 is 2.11 bits per heavy atom. The molecule has 0 aliphatic heterocycles. The van der Waals surface area contributed by atoms with Gasteiger partial charge >= 0.3 is 0 Å². The molecular formula is C13H19BrClNO2. The van der Waals surface area contributed by atoms with Crippen LogP contribution in [0.25, 0.3) is 0 Å². The molecule has 3 nitrogen and oxygen atoms in total. The molecule has 0 bridgehead atoms. The van der Waals surface area contributed by atoms with Crippen LogP contribution in [0.4, 0.5) is 0 Å². The second-order valence-electron chi connectivity index (χ2n) is 4.60. The van der Waals surface area contributed by atoms with Crippen molar-refractivity contribution >= 4 is 28.3 Å². The summed E-state index contributed by atoms with van der Waals surface area (Å²) in [5.74, 6) is 1.14. The van der Waals surface area contributed by atoms with Crippen molar-refractivity contribution in [1.29, 1.82) is 0 Å². The lowest BCUT2D eigenvalue weighted by Gasteiger charge is -2.33. The number of hydrogen-bond acceptors (Lipinski definition) is 3. The zero-order valence-electron chi connectivity index (χ0n) is 10.3. The van der Waals surface area contributed by atoms with E-state index < -0.39 is 6.10 Å². The third-order valence-corrected chi connectivity index (χ3v) is 4.18. The van der Waals surface area contributed by atoms with Crippen molar-refractivity contribution in [2.45, 2.75) is 31.4 Å². The number of ether oxygens (including phenoxy) is 1. The Morgan fingerprint density at radius 1 is 1.44 bits per heavy atom. The summed E-state index contributed by atoms with van der Waals surface area (Å²) in [5, 5.41) is 10.1. The van der Waals surface area contributed by atoms with Crippen LogP contribution < -0.4 is 10.5 Å². The summed E-state index contributed by atoms with van der Waals surface area (Å²) in [4.78, 5) is 0. The van der Waals surface area contributed by atoms with Crippen molar-refractivity contribution in [3.63, 3.8) is 0 Å². The van der Waals surface area contributed by atoms with Gasteiger partial charge < -0.3 is 15.6 Å². The van der Waals surface area contributed by atoms with Crippen LogP contribution in [0.5, 0.6) is 5.75 Å². The first-order valence-electron chi connectivity index (χ1n) is 5.90. The summed E-state index contributed by atoms with van der Waals surface area (Å²) in [6.45, 7) is 0. The summed E-state index contributed by atoms with van der Waals surface area (Å²) < 4.78 is 6.04. The van der Waals surface area contributed by atoms with Gasteiger partial charge in [0.25, 0.3) is 0 Å². The largest absolute Gasteiger partial charge is 0.496 e. The smallest absolute Gasteiger partial charge is 0.133 e. The molecule has 0 aromatic heterocycles. The molecule has 5 heteroatoms. The number of methoxy groups -OCH3 is 1. The molecule has 102 valence electrons. The predicted octanol–water partition coefficient (Wildman–Crippen LogP) is 3.04. The lowest BCUT2D eigenvalue weighted by molar-refractivity contribution is 0.0413. The summed E-state index contributed by atoms with van der Waals surface area (Å²) in [5.41, 5.74) is 7.04. The predicted molar refractivity (Wildman–Crippen MR) is 78.2 cm³/mol. The Morgan fingerprint density at radius 3 is 2.56 bits per heavy atom. The van der Waals surface area contributed by atoms with Crippen LogP contribution in [0.15, 0.2) is 22.7 Å². The van der Waals surface area contributed by atoms with E-state index in [1.807, 2.05) is 18.2 Å². The molecule has 1 aromatic rings. The van der Waals surface area contributed by atoms with Crippen molar-refractivity contribution in [1.82, 2.24) is 0 Å². The zero-order valence-corrected chi connectivity index (χ0v) is 12.7. The maximum Gasteiger partial charge on any atom is 0.133 e. The maximum absolute atomic E-state index is 10.1. The first-order chi connectivity index (χ1) is 8.13. The second kappa shape index (κ2) is 6.75. The highest BCUT2D eigenvalue weighted by Crippen LogP contribution is 2.35. The van der Waals surface area contributed by atoms with Gasteiger partial charge in [-0.2, -0.15) is 0 Å². The Bertz CT molecular complexity index is 399. The fraction of sp³-hybridized carbons (Fsp3) is 0.538. The van der Waals surface area contributed by atoms with E-state index in [4.69, 9.17) is 10.5 Å². The molecule has 1 aliphatic rings. The van der Waals surface area contributed by atoms with Crippen molar-refractivity contribution in [3.8, 4) is 5.75 Å². The molecule has 1 fully saturated rings. The van der Waals surface area contributed by atoms with Crippen LogP contribution in [0.3, 0.4) is 0 Å². The molecule has 0 radical (unpaired) electrons. The second-order valence-corrected chi connectivity index (χ2v) is 5.46. The number of halogens is 2. The number of nitrogens with two attached hydrogens (primary N) is 1. The van der Waals surface area contributed by atoms with Gasteiger partial charge in [-0.25, -0.2) is 0 Å². The van der Waals surface area contributed by atoms with Gasteiger partial charge in [0.1, 0.15) is 5.75 Å². The van der Waals surface area contributed by atoms with Crippen LogP contribution >= 0.6 is 28.3 Å². The highest BCUT2D eigenvalue weighted by Gasteiger charge is 2.30. The lowest BCUT2D eigenvalue weighted by Crippen LogP contribution is -2.36. The molecule has 0 spiro atoms. The Labute approximate surface area is 122 Å². The molecule has 0 unspecified atom stereocenters. The third-order valence-electron chi connectivity index (χ3n) is 3.56. The van der Waals surface area contributed by atoms with E-state index in [-0.39, 0.29) is 18.4 Å². The number of aliphatic hydroxyl groups excluding tert-OH is 1. The third kappa shape index (κ3) is 3.18. The Balaban J connectivity index is 0.00000162. The highest BCUT2D eigenvalue weighted by atomic mass is 79.9. The minimum atomic E-state index is -0.441. The first kappa shape index (κ1) is 15.8. The molecule has 1 aromatic carbocycles. The SMILES string of the molecule is COc1ccc([C@@H](N)[C@@H](O)C2CCC2)cc1Br.Cl. The van der Waals surface area contributed by atoms with E-state index in [2.05, 4.69) is 15.9 Å². The molecule has 1 saturated carbocycles. The maximum atomic E-state index is 10.1. The average Bonchev–Trinajstić information content (AvgIpc) is 2.25. The van der Waals surface area contributed by atoms with Crippen LogP contribution in [-0.2, 0) is 0 Å². The molecule has 0 amide bonds. The molecular weight excluding hydrogens is 318 g/mol. The lowest BCUT2D eigenvalue weighted by atomic mass is 9.77. The van der Waals surface area contributed by atoms with Gasteiger partial charge in [-0.1, -0.05) is 12.5 Å². The van der Waals surface area contributed by atoms with Crippen molar-refractivity contribution in [2.75, 3.05) is 7.11 Å². The van der Waals surface area contributed by atoms with Gasteiger partial charge in [0.2, 0.25) is 0 Å². The van der Waals surface area contributed by atoms with Crippen molar-refractivity contribution in [3.05, 3.63) is 28.2 Å². The van der Waals surface area contributed by atoms with E-state index in [0.29, 0.717) is 5.92 Å². The van der Waals surface area contributed by atoms with E-state index in [1.54, 1.807) is 7.11 Å². The molecule has 0 saturated heterocycles. The Kier molecular flexibility index (Phi) is 5.92. The van der Waals surface area contributed by atoms with Crippen LogP contribution in [-0.4, -0.2) is 18.3 Å². The summed E-state index contributed by atoms with van der Waals surface area (Å²) in [6.07, 6.45) is 2.95. The quantitative estimate of drug-likeness (QED) is 0.888. The van der Waals surface area contributed by atoms with Gasteiger partial charge in [0.15, 0.2) is 0 Å². The fourth-order valence-corrected chi connectivity index (χ4v) is 2.72. The van der Waals surface area contributed by atoms with Crippen LogP contribution in [0, 0.1) is 5.92 Å². The van der Waals surface area contributed by atoms with Gasteiger partial charge in [-0.3, -0.25) is 0 Å².